The molecule has 0 aromatic carbocycles. The van der Waals surface area contributed by atoms with Crippen molar-refractivity contribution in [2.24, 2.45) is 4.99 Å². The highest BCUT2D eigenvalue weighted by molar-refractivity contribution is 5.82. The first-order valence-electron chi connectivity index (χ1n) is 5.77. The Morgan fingerprint density at radius 3 is 3.00 bits per heavy atom. The minimum atomic E-state index is 0.668. The molecule has 1 rings (SSSR count). The van der Waals surface area contributed by atoms with E-state index in [0.717, 1.165) is 32.0 Å². The van der Waals surface area contributed by atoms with Crippen LogP contribution in [0.1, 0.15) is 25.7 Å². The minimum Gasteiger partial charge on any atom is -0.382 e. The van der Waals surface area contributed by atoms with Crippen LogP contribution in [-0.4, -0.2) is 45.9 Å². The number of nitrogens with zero attached hydrogens (tertiary/aromatic N) is 1. The maximum Gasteiger partial charge on any atom is 0.0963 e. The molecule has 1 heterocycles. The van der Waals surface area contributed by atoms with Crippen molar-refractivity contribution in [1.82, 2.24) is 5.32 Å². The molecule has 1 aliphatic rings. The van der Waals surface area contributed by atoms with Gasteiger partial charge in [-0.2, -0.15) is 0 Å². The number of hydrogen-bond donors (Lipinski definition) is 1. The predicted molar refractivity (Wildman–Crippen MR) is 61.5 cm³/mol. The molecule has 4 nitrogen and oxygen atoms in total. The molecule has 0 amide bonds. The molecule has 0 bridgehead atoms. The molecule has 1 N–H and O–H groups in total. The lowest BCUT2D eigenvalue weighted by atomic mass is 10.2. The van der Waals surface area contributed by atoms with E-state index in [2.05, 4.69) is 10.3 Å². The highest BCUT2D eigenvalue weighted by Gasteiger charge is 2.02. The van der Waals surface area contributed by atoms with Gasteiger partial charge in [0.2, 0.25) is 0 Å². The standard InChI is InChI=1S/C11H22N2O2/c1-14-9-10-15-8-7-13-11-5-3-2-4-6-12-11/h2-10H2,1H3,(H,12,13). The van der Waals surface area contributed by atoms with E-state index >= 15 is 0 Å². The Balaban J connectivity index is 1.96. The second kappa shape index (κ2) is 8.68. The van der Waals surface area contributed by atoms with Gasteiger partial charge in [-0.05, 0) is 12.8 Å². The zero-order chi connectivity index (χ0) is 10.8. The third-order valence-electron chi connectivity index (χ3n) is 2.38. The van der Waals surface area contributed by atoms with Gasteiger partial charge in [-0.3, -0.25) is 4.99 Å². The minimum absolute atomic E-state index is 0.668. The van der Waals surface area contributed by atoms with Crippen LogP contribution in [0.25, 0.3) is 0 Å². The molecular formula is C11H22N2O2. The second-order valence-electron chi connectivity index (χ2n) is 3.67. The fraction of sp³-hybridized carbons (Fsp3) is 0.909. The Morgan fingerprint density at radius 1 is 1.20 bits per heavy atom. The number of methoxy groups -OCH3 is 1. The van der Waals surface area contributed by atoms with Gasteiger partial charge >= 0.3 is 0 Å². The van der Waals surface area contributed by atoms with Gasteiger partial charge in [-0.25, -0.2) is 0 Å². The summed E-state index contributed by atoms with van der Waals surface area (Å²) in [5, 5.41) is 3.32. The molecule has 0 saturated carbocycles. The summed E-state index contributed by atoms with van der Waals surface area (Å²) in [6.45, 7) is 3.89. The van der Waals surface area contributed by atoms with Gasteiger partial charge in [0.25, 0.3) is 0 Å². The van der Waals surface area contributed by atoms with Crippen molar-refractivity contribution in [2.45, 2.75) is 25.7 Å². The molecule has 0 aromatic rings. The van der Waals surface area contributed by atoms with E-state index in [4.69, 9.17) is 9.47 Å². The molecule has 0 unspecified atom stereocenters. The Hall–Kier alpha value is -0.610. The van der Waals surface area contributed by atoms with Crippen molar-refractivity contribution in [3.8, 4) is 0 Å². The van der Waals surface area contributed by atoms with Crippen LogP contribution in [0, 0.1) is 0 Å². The maximum absolute atomic E-state index is 5.35. The fourth-order valence-electron chi connectivity index (χ4n) is 1.53. The van der Waals surface area contributed by atoms with E-state index in [-0.39, 0.29) is 0 Å². The molecule has 0 spiro atoms. The highest BCUT2D eigenvalue weighted by atomic mass is 16.5. The van der Waals surface area contributed by atoms with Crippen LogP contribution in [-0.2, 0) is 9.47 Å². The summed E-state index contributed by atoms with van der Waals surface area (Å²) in [5.74, 6) is 1.16. The summed E-state index contributed by atoms with van der Waals surface area (Å²) in [6.07, 6.45) is 4.89. The van der Waals surface area contributed by atoms with Crippen LogP contribution >= 0.6 is 0 Å². The summed E-state index contributed by atoms with van der Waals surface area (Å²) in [5.41, 5.74) is 0. The van der Waals surface area contributed by atoms with Crippen LogP contribution < -0.4 is 5.32 Å². The molecule has 0 fully saturated rings. The van der Waals surface area contributed by atoms with Gasteiger partial charge in [0.05, 0.1) is 25.7 Å². The molecule has 0 saturated heterocycles. The van der Waals surface area contributed by atoms with E-state index < -0.39 is 0 Å². The van der Waals surface area contributed by atoms with Crippen molar-refractivity contribution in [2.75, 3.05) is 40.0 Å². The van der Waals surface area contributed by atoms with Gasteiger partial charge in [0, 0.05) is 26.6 Å². The summed E-state index contributed by atoms with van der Waals surface area (Å²) < 4.78 is 10.2. The summed E-state index contributed by atoms with van der Waals surface area (Å²) in [7, 11) is 1.68. The maximum atomic E-state index is 5.35. The Morgan fingerprint density at radius 2 is 2.13 bits per heavy atom. The van der Waals surface area contributed by atoms with E-state index in [9.17, 15) is 0 Å². The number of nitrogens with one attached hydrogen (secondary N) is 1. The van der Waals surface area contributed by atoms with E-state index in [1.165, 1.54) is 19.3 Å². The van der Waals surface area contributed by atoms with Crippen molar-refractivity contribution in [3.63, 3.8) is 0 Å². The van der Waals surface area contributed by atoms with E-state index in [1.807, 2.05) is 0 Å². The monoisotopic (exact) mass is 214 g/mol. The number of ether oxygens (including phenoxy) is 2. The molecule has 4 heteroatoms. The SMILES string of the molecule is COCCOCCNC1=NCCCCC1. The zero-order valence-electron chi connectivity index (χ0n) is 9.63. The molecule has 0 aromatic heterocycles. The lowest BCUT2D eigenvalue weighted by Crippen LogP contribution is -2.27. The molecule has 1 aliphatic heterocycles. The number of rotatable bonds is 6. The average molecular weight is 214 g/mol. The van der Waals surface area contributed by atoms with Crippen molar-refractivity contribution in [1.29, 1.82) is 0 Å². The van der Waals surface area contributed by atoms with E-state index in [1.54, 1.807) is 7.11 Å². The number of amidine groups is 1. The van der Waals surface area contributed by atoms with Crippen molar-refractivity contribution >= 4 is 5.84 Å². The molecule has 0 atom stereocenters. The quantitative estimate of drug-likeness (QED) is 0.676. The van der Waals surface area contributed by atoms with Crippen LogP contribution in [0.5, 0.6) is 0 Å². The molecule has 0 aliphatic carbocycles. The van der Waals surface area contributed by atoms with Gasteiger partial charge in [0.15, 0.2) is 0 Å². The van der Waals surface area contributed by atoms with Gasteiger partial charge in [0.1, 0.15) is 0 Å². The summed E-state index contributed by atoms with van der Waals surface area (Å²) in [4.78, 5) is 4.48. The Labute approximate surface area is 92.1 Å². The first-order valence-corrected chi connectivity index (χ1v) is 5.77. The second-order valence-corrected chi connectivity index (χ2v) is 3.67. The predicted octanol–water partition coefficient (Wildman–Crippen LogP) is 1.21. The zero-order valence-corrected chi connectivity index (χ0v) is 9.63. The fourth-order valence-corrected chi connectivity index (χ4v) is 1.53. The van der Waals surface area contributed by atoms with Gasteiger partial charge < -0.3 is 14.8 Å². The number of hydrogen-bond acceptors (Lipinski definition) is 4. The molecule has 88 valence electrons. The topological polar surface area (TPSA) is 42.9 Å². The lowest BCUT2D eigenvalue weighted by molar-refractivity contribution is 0.0733. The first-order chi connectivity index (χ1) is 7.43. The van der Waals surface area contributed by atoms with Crippen molar-refractivity contribution < 1.29 is 9.47 Å². The Bertz CT molecular complexity index is 183. The third-order valence-corrected chi connectivity index (χ3v) is 2.38. The third kappa shape index (κ3) is 6.47. The largest absolute Gasteiger partial charge is 0.382 e. The van der Waals surface area contributed by atoms with Gasteiger partial charge in [-0.15, -0.1) is 0 Å². The first kappa shape index (κ1) is 12.5. The van der Waals surface area contributed by atoms with Gasteiger partial charge in [-0.1, -0.05) is 6.42 Å². The average Bonchev–Trinajstić information content (AvgIpc) is 2.52. The van der Waals surface area contributed by atoms with Crippen LogP contribution in [0.15, 0.2) is 4.99 Å². The molecule has 0 radical (unpaired) electrons. The molecular weight excluding hydrogens is 192 g/mol. The highest BCUT2D eigenvalue weighted by Crippen LogP contribution is 2.05. The Kier molecular flexibility index (Phi) is 7.21. The summed E-state index contributed by atoms with van der Waals surface area (Å²) >= 11 is 0. The normalized spacial score (nSPS) is 17.0. The smallest absolute Gasteiger partial charge is 0.0963 e. The molecule has 15 heavy (non-hydrogen) atoms. The van der Waals surface area contributed by atoms with E-state index in [0.29, 0.717) is 13.2 Å². The number of aliphatic imine (C=N–C) groups is 1. The van der Waals surface area contributed by atoms with Crippen LogP contribution in [0.2, 0.25) is 0 Å². The lowest BCUT2D eigenvalue weighted by Gasteiger charge is -2.08. The van der Waals surface area contributed by atoms with Crippen LogP contribution in [0.4, 0.5) is 0 Å². The summed E-state index contributed by atoms with van der Waals surface area (Å²) in [6, 6.07) is 0. The van der Waals surface area contributed by atoms with Crippen LogP contribution in [0.3, 0.4) is 0 Å². The van der Waals surface area contributed by atoms with Crippen molar-refractivity contribution in [3.05, 3.63) is 0 Å².